The van der Waals surface area contributed by atoms with Gasteiger partial charge < -0.3 is 5.11 Å². The number of halogens is 1. The Morgan fingerprint density at radius 2 is 1.75 bits per heavy atom. The highest BCUT2D eigenvalue weighted by Gasteiger charge is 2.18. The van der Waals surface area contributed by atoms with Crippen LogP contribution in [0, 0.1) is 5.82 Å². The molecule has 1 aromatic rings. The molecule has 0 fully saturated rings. The Labute approximate surface area is 97.5 Å². The Hall–Kier alpha value is -0.960. The van der Waals surface area contributed by atoms with E-state index < -0.39 is 11.9 Å². The van der Waals surface area contributed by atoms with Crippen molar-refractivity contribution >= 4 is 0 Å². The monoisotopic (exact) mass is 227 g/mol. The third-order valence-corrected chi connectivity index (χ3v) is 2.04. The van der Waals surface area contributed by atoms with E-state index in [4.69, 9.17) is 0 Å². The van der Waals surface area contributed by atoms with Crippen LogP contribution in [0.3, 0.4) is 0 Å². The van der Waals surface area contributed by atoms with Gasteiger partial charge >= 0.3 is 0 Å². The van der Waals surface area contributed by atoms with Crippen LogP contribution >= 0.6 is 0 Å². The molecule has 1 atom stereocenters. The Kier molecular flexibility index (Phi) is 5.59. The van der Waals surface area contributed by atoms with Crippen molar-refractivity contribution in [1.82, 2.24) is 4.98 Å². The lowest BCUT2D eigenvalue weighted by Gasteiger charge is -2.19. The SMILES string of the molecule is CC.CC(O)c1nc(C(C)(C)C)ccc1F. The summed E-state index contributed by atoms with van der Waals surface area (Å²) in [6, 6.07) is 3.01. The van der Waals surface area contributed by atoms with Gasteiger partial charge in [0.15, 0.2) is 0 Å². The molecule has 1 rings (SSSR count). The lowest BCUT2D eigenvalue weighted by atomic mass is 9.91. The molecular weight excluding hydrogens is 205 g/mol. The molecule has 1 N–H and O–H groups in total. The van der Waals surface area contributed by atoms with Gasteiger partial charge in [-0.25, -0.2) is 4.39 Å². The number of rotatable bonds is 1. The van der Waals surface area contributed by atoms with Gasteiger partial charge in [0.05, 0.1) is 6.10 Å². The zero-order valence-corrected chi connectivity index (χ0v) is 11.0. The molecule has 0 bridgehead atoms. The van der Waals surface area contributed by atoms with Crippen molar-refractivity contribution in [3.05, 3.63) is 29.3 Å². The smallest absolute Gasteiger partial charge is 0.147 e. The first-order chi connectivity index (χ1) is 7.32. The van der Waals surface area contributed by atoms with Crippen molar-refractivity contribution in [3.8, 4) is 0 Å². The van der Waals surface area contributed by atoms with Gasteiger partial charge in [-0.05, 0) is 19.1 Å². The van der Waals surface area contributed by atoms with Crippen molar-refractivity contribution in [1.29, 1.82) is 0 Å². The first-order valence-electron chi connectivity index (χ1n) is 5.67. The minimum Gasteiger partial charge on any atom is -0.387 e. The molecule has 2 nitrogen and oxygen atoms in total. The van der Waals surface area contributed by atoms with Gasteiger partial charge in [-0.2, -0.15) is 0 Å². The van der Waals surface area contributed by atoms with Crippen LogP contribution in [0.1, 0.15) is 59.0 Å². The summed E-state index contributed by atoms with van der Waals surface area (Å²) in [5.74, 6) is -0.451. The zero-order chi connectivity index (χ0) is 12.9. The Morgan fingerprint density at radius 1 is 1.25 bits per heavy atom. The Balaban J connectivity index is 0.00000106. The van der Waals surface area contributed by atoms with E-state index in [2.05, 4.69) is 4.98 Å². The van der Waals surface area contributed by atoms with E-state index >= 15 is 0 Å². The molecule has 1 aromatic heterocycles. The van der Waals surface area contributed by atoms with E-state index in [1.807, 2.05) is 34.6 Å². The van der Waals surface area contributed by atoms with E-state index in [0.717, 1.165) is 5.69 Å². The number of aliphatic hydroxyl groups excluding tert-OH is 1. The maximum atomic E-state index is 13.2. The lowest BCUT2D eigenvalue weighted by molar-refractivity contribution is 0.188. The van der Waals surface area contributed by atoms with Crippen LogP contribution in [0.15, 0.2) is 12.1 Å². The van der Waals surface area contributed by atoms with Crippen molar-refractivity contribution in [3.63, 3.8) is 0 Å². The maximum Gasteiger partial charge on any atom is 0.147 e. The second-order valence-corrected chi connectivity index (χ2v) is 4.49. The molecule has 0 aliphatic rings. The highest BCUT2D eigenvalue weighted by Crippen LogP contribution is 2.23. The van der Waals surface area contributed by atoms with Gasteiger partial charge in [0.2, 0.25) is 0 Å². The van der Waals surface area contributed by atoms with Gasteiger partial charge in [0, 0.05) is 11.1 Å². The third-order valence-electron chi connectivity index (χ3n) is 2.04. The van der Waals surface area contributed by atoms with Crippen molar-refractivity contribution in [2.24, 2.45) is 0 Å². The molecule has 0 amide bonds. The highest BCUT2D eigenvalue weighted by molar-refractivity contribution is 5.20. The molecule has 0 saturated heterocycles. The summed E-state index contributed by atoms with van der Waals surface area (Å²) in [4.78, 5) is 4.12. The molecule has 16 heavy (non-hydrogen) atoms. The molecule has 0 aromatic carbocycles. The van der Waals surface area contributed by atoms with Crippen LogP contribution in [0.2, 0.25) is 0 Å². The minimum absolute atomic E-state index is 0.123. The summed E-state index contributed by atoms with van der Waals surface area (Å²) < 4.78 is 13.2. The number of hydrogen-bond donors (Lipinski definition) is 1. The van der Waals surface area contributed by atoms with E-state index in [9.17, 15) is 9.50 Å². The van der Waals surface area contributed by atoms with E-state index in [1.54, 1.807) is 6.07 Å². The summed E-state index contributed by atoms with van der Waals surface area (Å²) in [6.07, 6.45) is -0.864. The predicted molar refractivity (Wildman–Crippen MR) is 64.9 cm³/mol. The first-order valence-corrected chi connectivity index (χ1v) is 5.67. The quantitative estimate of drug-likeness (QED) is 0.795. The van der Waals surface area contributed by atoms with E-state index in [0.29, 0.717) is 0 Å². The Bertz CT molecular complexity index is 329. The molecule has 3 heteroatoms. The molecular formula is C13H22FNO. The lowest BCUT2D eigenvalue weighted by Crippen LogP contribution is -2.15. The Morgan fingerprint density at radius 3 is 2.12 bits per heavy atom. The van der Waals surface area contributed by atoms with Crippen LogP contribution in [0.5, 0.6) is 0 Å². The second-order valence-electron chi connectivity index (χ2n) is 4.49. The van der Waals surface area contributed by atoms with Crippen LogP contribution in [0.25, 0.3) is 0 Å². The van der Waals surface area contributed by atoms with Gasteiger partial charge in [0.25, 0.3) is 0 Å². The number of hydrogen-bond acceptors (Lipinski definition) is 2. The van der Waals surface area contributed by atoms with Crippen LogP contribution in [-0.4, -0.2) is 10.1 Å². The predicted octanol–water partition coefficient (Wildman–Crippen LogP) is 3.60. The van der Waals surface area contributed by atoms with E-state index in [1.165, 1.54) is 13.0 Å². The molecule has 0 aliphatic heterocycles. The average molecular weight is 227 g/mol. The molecule has 1 unspecified atom stereocenters. The minimum atomic E-state index is -0.864. The zero-order valence-electron chi connectivity index (χ0n) is 11.0. The first kappa shape index (κ1) is 15.0. The van der Waals surface area contributed by atoms with Crippen molar-refractivity contribution in [2.75, 3.05) is 0 Å². The fraction of sp³-hybridized carbons (Fsp3) is 0.615. The molecule has 0 spiro atoms. The highest BCUT2D eigenvalue weighted by atomic mass is 19.1. The van der Waals surface area contributed by atoms with Crippen LogP contribution < -0.4 is 0 Å². The third kappa shape index (κ3) is 3.89. The van der Waals surface area contributed by atoms with Crippen LogP contribution in [-0.2, 0) is 5.41 Å². The number of aromatic nitrogens is 1. The molecule has 0 aliphatic carbocycles. The number of nitrogens with zero attached hydrogens (tertiary/aromatic N) is 1. The largest absolute Gasteiger partial charge is 0.387 e. The molecule has 0 radical (unpaired) electrons. The molecule has 92 valence electrons. The standard InChI is InChI=1S/C11H16FNO.C2H6/c1-7(14)10-8(12)5-6-9(13-10)11(2,3)4;1-2/h5-7,14H,1-4H3;1-2H3. The summed E-state index contributed by atoms with van der Waals surface area (Å²) in [5, 5.41) is 9.29. The fourth-order valence-corrected chi connectivity index (χ4v) is 1.17. The van der Waals surface area contributed by atoms with Crippen molar-refractivity contribution < 1.29 is 9.50 Å². The van der Waals surface area contributed by atoms with Gasteiger partial charge in [-0.3, -0.25) is 4.98 Å². The second kappa shape index (κ2) is 5.94. The number of aliphatic hydroxyl groups is 1. The van der Waals surface area contributed by atoms with Gasteiger partial charge in [-0.15, -0.1) is 0 Å². The summed E-state index contributed by atoms with van der Waals surface area (Å²) >= 11 is 0. The number of pyridine rings is 1. The van der Waals surface area contributed by atoms with Crippen molar-refractivity contribution in [2.45, 2.75) is 53.1 Å². The van der Waals surface area contributed by atoms with Gasteiger partial charge in [0.1, 0.15) is 11.5 Å². The summed E-state index contributed by atoms with van der Waals surface area (Å²) in [5.41, 5.74) is 0.782. The van der Waals surface area contributed by atoms with E-state index in [-0.39, 0.29) is 11.1 Å². The van der Waals surface area contributed by atoms with Crippen LogP contribution in [0.4, 0.5) is 4.39 Å². The topological polar surface area (TPSA) is 33.1 Å². The normalized spacial score (nSPS) is 12.8. The summed E-state index contributed by atoms with van der Waals surface area (Å²) in [6.45, 7) is 11.5. The molecule has 0 saturated carbocycles. The maximum absolute atomic E-state index is 13.2. The fourth-order valence-electron chi connectivity index (χ4n) is 1.17. The average Bonchev–Trinajstić information content (AvgIpc) is 2.19. The molecule has 1 heterocycles. The van der Waals surface area contributed by atoms with Gasteiger partial charge in [-0.1, -0.05) is 34.6 Å². The summed E-state index contributed by atoms with van der Waals surface area (Å²) in [7, 11) is 0.